The Bertz CT molecular complexity index is 496. The van der Waals surface area contributed by atoms with Gasteiger partial charge in [0.25, 0.3) is 0 Å². The van der Waals surface area contributed by atoms with E-state index in [4.69, 9.17) is 4.74 Å². The second kappa shape index (κ2) is 7.98. The Labute approximate surface area is 140 Å². The Hall–Kier alpha value is -2.32. The molecule has 1 saturated heterocycles. The van der Waals surface area contributed by atoms with Crippen molar-refractivity contribution >= 4 is 23.9 Å². The highest BCUT2D eigenvalue weighted by molar-refractivity contribution is 6.03. The molecule has 0 saturated carbocycles. The third kappa shape index (κ3) is 5.10. The normalized spacial score (nSPS) is 17.4. The monoisotopic (exact) mass is 344 g/mol. The predicted octanol–water partition coefficient (Wildman–Crippen LogP) is 0.217. The number of ether oxygens (including phenoxy) is 3. The van der Waals surface area contributed by atoms with E-state index in [1.165, 1.54) is 4.90 Å². The molecular formula is C15H24N2O7. The van der Waals surface area contributed by atoms with Crippen molar-refractivity contribution < 1.29 is 33.4 Å². The number of carbonyl (C=O) groups is 4. The van der Waals surface area contributed by atoms with Gasteiger partial charge in [0, 0.05) is 6.54 Å². The molecule has 0 unspecified atom stereocenters. The fraction of sp³-hybridized carbons (Fsp3) is 0.733. The van der Waals surface area contributed by atoms with Crippen molar-refractivity contribution in [1.29, 1.82) is 0 Å². The first-order chi connectivity index (χ1) is 11.1. The zero-order valence-electron chi connectivity index (χ0n) is 14.6. The van der Waals surface area contributed by atoms with Crippen LogP contribution in [0.15, 0.2) is 0 Å². The summed E-state index contributed by atoms with van der Waals surface area (Å²) in [5.41, 5.74) is -0.693. The summed E-state index contributed by atoms with van der Waals surface area (Å²) in [4.78, 5) is 49.1. The Morgan fingerprint density at radius 2 is 1.62 bits per heavy atom. The van der Waals surface area contributed by atoms with Crippen molar-refractivity contribution in [2.24, 2.45) is 0 Å². The molecule has 1 aliphatic rings. The molecule has 1 N–H and O–H groups in total. The molecule has 9 heteroatoms. The number of nitrogens with one attached hydrogen (secondary N) is 1. The van der Waals surface area contributed by atoms with E-state index in [0.29, 0.717) is 19.4 Å². The Balaban J connectivity index is 2.82. The van der Waals surface area contributed by atoms with Crippen LogP contribution in [0.3, 0.4) is 0 Å². The molecule has 1 heterocycles. The van der Waals surface area contributed by atoms with Crippen molar-refractivity contribution in [3.63, 3.8) is 0 Å². The van der Waals surface area contributed by atoms with Crippen molar-refractivity contribution in [1.82, 2.24) is 10.2 Å². The lowest BCUT2D eigenvalue weighted by molar-refractivity contribution is -0.157. The molecule has 0 bridgehead atoms. The quantitative estimate of drug-likeness (QED) is 0.441. The number of hydrogen-bond acceptors (Lipinski definition) is 7. The van der Waals surface area contributed by atoms with Gasteiger partial charge in [-0.1, -0.05) is 0 Å². The first-order valence-corrected chi connectivity index (χ1v) is 7.56. The number of hydrogen-bond donors (Lipinski definition) is 1. The van der Waals surface area contributed by atoms with Crippen LogP contribution >= 0.6 is 0 Å². The Morgan fingerprint density at radius 3 is 2.08 bits per heavy atom. The molecule has 0 aromatic carbocycles. The van der Waals surface area contributed by atoms with Gasteiger partial charge >= 0.3 is 18.0 Å². The van der Waals surface area contributed by atoms with Crippen LogP contribution in [0, 0.1) is 0 Å². The average molecular weight is 344 g/mol. The highest BCUT2D eigenvalue weighted by Gasteiger charge is 2.39. The third-order valence-corrected chi connectivity index (χ3v) is 3.34. The highest BCUT2D eigenvalue weighted by atomic mass is 16.6. The van der Waals surface area contributed by atoms with Crippen LogP contribution in [-0.2, 0) is 28.6 Å². The summed E-state index contributed by atoms with van der Waals surface area (Å²) >= 11 is 0. The van der Waals surface area contributed by atoms with Crippen molar-refractivity contribution in [3.05, 3.63) is 0 Å². The number of likely N-dealkylation sites (tertiary alicyclic amines) is 1. The van der Waals surface area contributed by atoms with E-state index in [1.54, 1.807) is 20.8 Å². The van der Waals surface area contributed by atoms with Crippen molar-refractivity contribution in [3.8, 4) is 0 Å². The van der Waals surface area contributed by atoms with Crippen LogP contribution in [-0.4, -0.2) is 67.3 Å². The smallest absolute Gasteiger partial charge is 0.410 e. The minimum absolute atomic E-state index is 0.355. The van der Waals surface area contributed by atoms with Crippen LogP contribution in [0.4, 0.5) is 4.79 Å². The van der Waals surface area contributed by atoms with Gasteiger partial charge in [-0.2, -0.15) is 0 Å². The summed E-state index contributed by atoms with van der Waals surface area (Å²) < 4.78 is 14.2. The van der Waals surface area contributed by atoms with E-state index < -0.39 is 41.6 Å². The molecule has 9 nitrogen and oxygen atoms in total. The highest BCUT2D eigenvalue weighted by Crippen LogP contribution is 2.21. The molecule has 1 fully saturated rings. The molecule has 0 aliphatic carbocycles. The molecular weight excluding hydrogens is 320 g/mol. The van der Waals surface area contributed by atoms with Crippen LogP contribution in [0.1, 0.15) is 33.6 Å². The van der Waals surface area contributed by atoms with E-state index in [-0.39, 0.29) is 0 Å². The SMILES string of the molecule is COC(=O)C(NC(=O)[C@@H]1CCCN1C(=O)OC(C)(C)C)C(=O)OC. The summed E-state index contributed by atoms with van der Waals surface area (Å²) in [6.45, 7) is 5.52. The topological polar surface area (TPSA) is 111 Å². The van der Waals surface area contributed by atoms with E-state index in [9.17, 15) is 19.2 Å². The number of amides is 2. The number of carbonyl (C=O) groups excluding carboxylic acids is 4. The van der Waals surface area contributed by atoms with Crippen molar-refractivity contribution in [2.75, 3.05) is 20.8 Å². The molecule has 0 radical (unpaired) electrons. The zero-order valence-corrected chi connectivity index (χ0v) is 14.6. The summed E-state index contributed by atoms with van der Waals surface area (Å²) in [6, 6.07) is -2.40. The van der Waals surface area contributed by atoms with E-state index in [0.717, 1.165) is 14.2 Å². The maximum Gasteiger partial charge on any atom is 0.410 e. The number of methoxy groups -OCH3 is 2. The molecule has 1 aliphatic heterocycles. The van der Waals surface area contributed by atoms with Gasteiger partial charge < -0.3 is 19.5 Å². The lowest BCUT2D eigenvalue weighted by Crippen LogP contribution is -2.54. The van der Waals surface area contributed by atoms with E-state index in [2.05, 4.69) is 14.8 Å². The molecule has 24 heavy (non-hydrogen) atoms. The molecule has 2 amide bonds. The van der Waals surface area contributed by atoms with Gasteiger partial charge in [0.15, 0.2) is 0 Å². The van der Waals surface area contributed by atoms with Gasteiger partial charge in [0.05, 0.1) is 14.2 Å². The minimum atomic E-state index is -1.58. The van der Waals surface area contributed by atoms with Gasteiger partial charge in [-0.25, -0.2) is 14.4 Å². The zero-order chi connectivity index (χ0) is 18.5. The summed E-state index contributed by atoms with van der Waals surface area (Å²) in [5, 5.41) is 2.27. The molecule has 1 atom stereocenters. The lowest BCUT2D eigenvalue weighted by Gasteiger charge is -2.28. The standard InChI is InChI=1S/C15H24N2O7/c1-15(2,3)24-14(21)17-8-6-7-9(17)11(18)16-10(12(19)22-4)13(20)23-5/h9-10H,6-8H2,1-5H3,(H,16,18)/t9-/m0/s1. The molecule has 1 rings (SSSR count). The maximum atomic E-state index is 12.4. The average Bonchev–Trinajstić information content (AvgIpc) is 2.99. The second-order valence-corrected chi connectivity index (χ2v) is 6.32. The van der Waals surface area contributed by atoms with E-state index >= 15 is 0 Å². The lowest BCUT2D eigenvalue weighted by atomic mass is 10.2. The molecule has 0 aromatic rings. The molecule has 0 aromatic heterocycles. The number of rotatable bonds is 4. The molecule has 136 valence electrons. The van der Waals surface area contributed by atoms with E-state index in [1.807, 2.05) is 0 Å². The Kier molecular flexibility index (Phi) is 6.56. The van der Waals surface area contributed by atoms with Gasteiger partial charge in [0.1, 0.15) is 11.6 Å². The second-order valence-electron chi connectivity index (χ2n) is 6.32. The minimum Gasteiger partial charge on any atom is -0.467 e. The molecule has 0 spiro atoms. The predicted molar refractivity (Wildman–Crippen MR) is 81.9 cm³/mol. The number of nitrogens with zero attached hydrogens (tertiary/aromatic N) is 1. The van der Waals surface area contributed by atoms with Crippen molar-refractivity contribution in [2.45, 2.75) is 51.3 Å². The summed E-state index contributed by atoms with van der Waals surface area (Å²) in [6.07, 6.45) is 0.395. The fourth-order valence-corrected chi connectivity index (χ4v) is 2.27. The van der Waals surface area contributed by atoms with Crippen LogP contribution < -0.4 is 5.32 Å². The largest absolute Gasteiger partial charge is 0.467 e. The maximum absolute atomic E-state index is 12.4. The first-order valence-electron chi connectivity index (χ1n) is 7.56. The Morgan fingerprint density at radius 1 is 1.08 bits per heavy atom. The van der Waals surface area contributed by atoms with Crippen LogP contribution in [0.5, 0.6) is 0 Å². The van der Waals surface area contributed by atoms with Crippen LogP contribution in [0.2, 0.25) is 0 Å². The van der Waals surface area contributed by atoms with Gasteiger partial charge in [-0.3, -0.25) is 9.69 Å². The van der Waals surface area contributed by atoms with Gasteiger partial charge in [0.2, 0.25) is 11.9 Å². The fourth-order valence-electron chi connectivity index (χ4n) is 2.27. The van der Waals surface area contributed by atoms with Gasteiger partial charge in [-0.05, 0) is 33.6 Å². The summed E-state index contributed by atoms with van der Waals surface area (Å²) in [7, 11) is 2.18. The first kappa shape index (κ1) is 19.7. The number of esters is 2. The summed E-state index contributed by atoms with van der Waals surface area (Å²) in [5.74, 6) is -2.53. The van der Waals surface area contributed by atoms with Gasteiger partial charge in [-0.15, -0.1) is 0 Å². The van der Waals surface area contributed by atoms with Crippen LogP contribution in [0.25, 0.3) is 0 Å². The third-order valence-electron chi connectivity index (χ3n) is 3.34.